The average molecular weight is 679 g/mol. The van der Waals surface area contributed by atoms with Gasteiger partial charge in [0.15, 0.2) is 0 Å². The Morgan fingerprint density at radius 2 is 1.45 bits per heavy atom. The van der Waals surface area contributed by atoms with E-state index in [-0.39, 0.29) is 29.8 Å². The minimum atomic E-state index is -4.19. The molecule has 0 aliphatic heterocycles. The van der Waals surface area contributed by atoms with Gasteiger partial charge < -0.3 is 15.0 Å². The maximum atomic E-state index is 14.4. The molecule has 0 spiro atoms. The van der Waals surface area contributed by atoms with Gasteiger partial charge in [0.2, 0.25) is 11.8 Å². The van der Waals surface area contributed by atoms with Gasteiger partial charge in [0, 0.05) is 23.5 Å². The summed E-state index contributed by atoms with van der Waals surface area (Å²) >= 11 is 3.50. The molecule has 0 unspecified atom stereocenters. The van der Waals surface area contributed by atoms with Gasteiger partial charge in [0.05, 0.1) is 17.7 Å². The number of amides is 2. The van der Waals surface area contributed by atoms with E-state index < -0.39 is 28.5 Å². The van der Waals surface area contributed by atoms with Crippen molar-refractivity contribution < 1.29 is 22.7 Å². The molecule has 10 heteroatoms. The minimum absolute atomic E-state index is 0.00637. The van der Waals surface area contributed by atoms with E-state index >= 15 is 0 Å². The second kappa shape index (κ2) is 15.0. The van der Waals surface area contributed by atoms with Crippen molar-refractivity contribution >= 4 is 43.5 Å². The second-order valence-electron chi connectivity index (χ2n) is 10.5. The molecule has 4 rings (SSSR count). The van der Waals surface area contributed by atoms with Crippen LogP contribution in [0.2, 0.25) is 0 Å². The molecule has 0 heterocycles. The van der Waals surface area contributed by atoms with Crippen molar-refractivity contribution in [2.75, 3.05) is 18.0 Å². The number of hydrogen-bond acceptors (Lipinski definition) is 5. The van der Waals surface area contributed by atoms with Gasteiger partial charge in [0.1, 0.15) is 18.3 Å². The third kappa shape index (κ3) is 8.48. The van der Waals surface area contributed by atoms with Crippen LogP contribution in [0.4, 0.5) is 5.69 Å². The predicted octanol–water partition coefficient (Wildman–Crippen LogP) is 5.82. The summed E-state index contributed by atoms with van der Waals surface area (Å²) in [6, 6.07) is 30.3. The summed E-state index contributed by atoms with van der Waals surface area (Å²) in [7, 11) is -2.69. The van der Waals surface area contributed by atoms with E-state index in [0.29, 0.717) is 11.4 Å². The standard InChI is InChI=1S/C34H36BrN3O5S/c1-25(2)36-34(40)32(22-26-11-6-4-7-12-26)37(23-27-13-10-14-28(35)21-27)33(39)24-38(29-15-8-5-9-16-29)44(41,42)31-19-17-30(43-3)18-20-31/h4-21,25,32H,22-24H2,1-3H3,(H,36,40)/t32-/m1/s1. The fourth-order valence-electron chi connectivity index (χ4n) is 4.76. The van der Waals surface area contributed by atoms with Crippen LogP contribution in [0, 0.1) is 0 Å². The second-order valence-corrected chi connectivity index (χ2v) is 13.3. The highest BCUT2D eigenvalue weighted by molar-refractivity contribution is 9.10. The molecule has 44 heavy (non-hydrogen) atoms. The van der Waals surface area contributed by atoms with Crippen molar-refractivity contribution in [2.24, 2.45) is 0 Å². The van der Waals surface area contributed by atoms with E-state index in [0.717, 1.165) is 19.9 Å². The quantitative estimate of drug-likeness (QED) is 0.193. The van der Waals surface area contributed by atoms with Crippen LogP contribution in [-0.4, -0.2) is 50.9 Å². The molecular weight excluding hydrogens is 642 g/mol. The first-order chi connectivity index (χ1) is 21.1. The van der Waals surface area contributed by atoms with Crippen molar-refractivity contribution in [3.05, 3.63) is 125 Å². The van der Waals surface area contributed by atoms with Crippen LogP contribution in [-0.2, 0) is 32.6 Å². The molecule has 0 saturated carbocycles. The molecule has 0 aromatic heterocycles. The molecule has 0 radical (unpaired) electrons. The molecule has 230 valence electrons. The number of hydrogen-bond donors (Lipinski definition) is 1. The van der Waals surface area contributed by atoms with Gasteiger partial charge in [-0.25, -0.2) is 8.42 Å². The number of ether oxygens (including phenoxy) is 1. The normalized spacial score (nSPS) is 11.9. The molecule has 0 bridgehead atoms. The highest BCUT2D eigenvalue weighted by atomic mass is 79.9. The van der Waals surface area contributed by atoms with Gasteiger partial charge in [-0.15, -0.1) is 0 Å². The zero-order valence-electron chi connectivity index (χ0n) is 24.9. The van der Waals surface area contributed by atoms with Crippen LogP contribution in [0.25, 0.3) is 0 Å². The largest absolute Gasteiger partial charge is 0.497 e. The van der Waals surface area contributed by atoms with E-state index in [1.54, 1.807) is 42.5 Å². The van der Waals surface area contributed by atoms with Crippen LogP contribution in [0.15, 0.2) is 119 Å². The number of rotatable bonds is 13. The van der Waals surface area contributed by atoms with E-state index in [1.165, 1.54) is 24.1 Å². The Bertz CT molecular complexity index is 1650. The number of benzene rings is 4. The lowest BCUT2D eigenvalue weighted by atomic mass is 10.0. The zero-order valence-corrected chi connectivity index (χ0v) is 27.3. The first-order valence-corrected chi connectivity index (χ1v) is 16.4. The molecule has 0 fully saturated rings. The summed E-state index contributed by atoms with van der Waals surface area (Å²) in [6.07, 6.45) is 0.246. The summed E-state index contributed by atoms with van der Waals surface area (Å²) in [6.45, 7) is 3.28. The van der Waals surface area contributed by atoms with Crippen molar-refractivity contribution in [1.29, 1.82) is 0 Å². The number of halogens is 1. The SMILES string of the molecule is COc1ccc(S(=O)(=O)N(CC(=O)N(Cc2cccc(Br)c2)[C@H](Cc2ccccc2)C(=O)NC(C)C)c2ccccc2)cc1. The first kappa shape index (κ1) is 32.8. The topological polar surface area (TPSA) is 96.0 Å². The summed E-state index contributed by atoms with van der Waals surface area (Å²) in [5.41, 5.74) is 1.98. The monoisotopic (exact) mass is 677 g/mol. The lowest BCUT2D eigenvalue weighted by molar-refractivity contribution is -0.140. The summed E-state index contributed by atoms with van der Waals surface area (Å²) in [5, 5.41) is 2.96. The fourth-order valence-corrected chi connectivity index (χ4v) is 6.63. The number of nitrogens with zero attached hydrogens (tertiary/aromatic N) is 2. The number of para-hydroxylation sites is 1. The van der Waals surface area contributed by atoms with Crippen LogP contribution in [0.1, 0.15) is 25.0 Å². The molecule has 4 aromatic rings. The molecule has 8 nitrogen and oxygen atoms in total. The lowest BCUT2D eigenvalue weighted by Gasteiger charge is -2.34. The number of methoxy groups -OCH3 is 1. The van der Waals surface area contributed by atoms with Crippen molar-refractivity contribution in [1.82, 2.24) is 10.2 Å². The lowest BCUT2D eigenvalue weighted by Crippen LogP contribution is -2.54. The Morgan fingerprint density at radius 3 is 2.05 bits per heavy atom. The van der Waals surface area contributed by atoms with Crippen molar-refractivity contribution in [3.8, 4) is 5.75 Å². The fraction of sp³-hybridized carbons (Fsp3) is 0.235. The maximum absolute atomic E-state index is 14.4. The van der Waals surface area contributed by atoms with Gasteiger partial charge in [-0.3, -0.25) is 13.9 Å². The summed E-state index contributed by atoms with van der Waals surface area (Å²) in [5.74, 6) is -0.339. The smallest absolute Gasteiger partial charge is 0.264 e. The van der Waals surface area contributed by atoms with E-state index in [9.17, 15) is 18.0 Å². The van der Waals surface area contributed by atoms with Gasteiger partial charge in [-0.1, -0.05) is 76.6 Å². The minimum Gasteiger partial charge on any atom is -0.497 e. The summed E-state index contributed by atoms with van der Waals surface area (Å²) in [4.78, 5) is 29.6. The van der Waals surface area contributed by atoms with Gasteiger partial charge in [0.25, 0.3) is 10.0 Å². The zero-order chi connectivity index (χ0) is 31.7. The Kier molecular flexibility index (Phi) is 11.2. The molecule has 1 atom stereocenters. The number of carbonyl (C=O) groups excluding carboxylic acids is 2. The Morgan fingerprint density at radius 1 is 0.841 bits per heavy atom. The predicted molar refractivity (Wildman–Crippen MR) is 176 cm³/mol. The molecule has 0 saturated heterocycles. The number of anilines is 1. The van der Waals surface area contributed by atoms with Crippen molar-refractivity contribution in [3.63, 3.8) is 0 Å². The average Bonchev–Trinajstić information content (AvgIpc) is 3.02. The Labute approximate surface area is 267 Å². The molecule has 1 N–H and O–H groups in total. The molecule has 0 aliphatic carbocycles. The van der Waals surface area contributed by atoms with Gasteiger partial charge >= 0.3 is 0 Å². The summed E-state index contributed by atoms with van der Waals surface area (Å²) < 4.78 is 35.2. The highest BCUT2D eigenvalue weighted by Gasteiger charge is 2.34. The molecule has 2 amide bonds. The van der Waals surface area contributed by atoms with Crippen molar-refractivity contribution in [2.45, 2.75) is 43.8 Å². The third-order valence-electron chi connectivity index (χ3n) is 6.91. The van der Waals surface area contributed by atoms with Gasteiger partial charge in [-0.2, -0.15) is 0 Å². The molecular formula is C34H36BrN3O5S. The van der Waals surface area contributed by atoms with E-state index in [1.807, 2.05) is 68.4 Å². The number of nitrogens with one attached hydrogen (secondary N) is 1. The number of carbonyl (C=O) groups is 2. The van der Waals surface area contributed by atoms with E-state index in [2.05, 4.69) is 21.2 Å². The number of sulfonamides is 1. The van der Waals surface area contributed by atoms with Crippen LogP contribution >= 0.6 is 15.9 Å². The Balaban J connectivity index is 1.78. The van der Waals surface area contributed by atoms with Crippen LogP contribution < -0.4 is 14.4 Å². The molecule has 0 aliphatic rings. The van der Waals surface area contributed by atoms with Gasteiger partial charge in [-0.05, 0) is 73.5 Å². The Hall–Kier alpha value is -4.15. The van der Waals surface area contributed by atoms with Crippen LogP contribution in [0.5, 0.6) is 5.75 Å². The highest BCUT2D eigenvalue weighted by Crippen LogP contribution is 2.26. The van der Waals surface area contributed by atoms with E-state index in [4.69, 9.17) is 4.74 Å². The van der Waals surface area contributed by atoms with Crippen LogP contribution in [0.3, 0.4) is 0 Å². The third-order valence-corrected chi connectivity index (χ3v) is 9.20. The maximum Gasteiger partial charge on any atom is 0.264 e. The first-order valence-electron chi connectivity index (χ1n) is 14.2. The molecule has 4 aromatic carbocycles.